The Bertz CT molecular complexity index is 837. The molecule has 1 aliphatic rings. The maximum Gasteiger partial charge on any atom is 0.325 e. The molecule has 0 bridgehead atoms. The average molecular weight is 345 g/mol. The molecule has 2 aromatic heterocycles. The zero-order valence-corrected chi connectivity index (χ0v) is 14.3. The summed E-state index contributed by atoms with van der Waals surface area (Å²) in [6.07, 6.45) is 7.56. The second-order valence-corrected chi connectivity index (χ2v) is 6.48. The standard InChI is InChI=1S/C17H23N5O3/c1-12-14(16(24)20-17(25)19-12)11-15(23)22-9-3-2-5-13(22)6-10-21-8-4-7-18-21/h4,7-8,13H,2-3,5-6,9-11H2,1H3,(H2,19,20,24,25). The van der Waals surface area contributed by atoms with Gasteiger partial charge < -0.3 is 9.88 Å². The molecule has 134 valence electrons. The molecule has 1 saturated heterocycles. The smallest absolute Gasteiger partial charge is 0.325 e. The normalized spacial score (nSPS) is 17.6. The highest BCUT2D eigenvalue weighted by molar-refractivity contribution is 5.79. The van der Waals surface area contributed by atoms with Crippen molar-refractivity contribution in [3.05, 3.63) is 50.6 Å². The molecule has 1 fully saturated rings. The number of nitrogens with one attached hydrogen (secondary N) is 2. The zero-order valence-electron chi connectivity index (χ0n) is 14.3. The Labute approximate surface area is 144 Å². The van der Waals surface area contributed by atoms with Crippen LogP contribution in [0.2, 0.25) is 0 Å². The molecule has 25 heavy (non-hydrogen) atoms. The fraction of sp³-hybridized carbons (Fsp3) is 0.529. The molecule has 8 heteroatoms. The van der Waals surface area contributed by atoms with Crippen LogP contribution in [-0.4, -0.2) is 43.1 Å². The van der Waals surface area contributed by atoms with Gasteiger partial charge in [0.15, 0.2) is 0 Å². The van der Waals surface area contributed by atoms with Crippen molar-refractivity contribution in [3.8, 4) is 0 Å². The molecule has 0 saturated carbocycles. The van der Waals surface area contributed by atoms with Crippen molar-refractivity contribution in [2.24, 2.45) is 0 Å². The summed E-state index contributed by atoms with van der Waals surface area (Å²) in [6.45, 7) is 3.12. The maximum absolute atomic E-state index is 12.8. The van der Waals surface area contributed by atoms with Gasteiger partial charge in [0.05, 0.1) is 6.42 Å². The van der Waals surface area contributed by atoms with Crippen molar-refractivity contribution in [2.45, 2.75) is 51.6 Å². The van der Waals surface area contributed by atoms with Gasteiger partial charge in [0.25, 0.3) is 5.56 Å². The first-order valence-corrected chi connectivity index (χ1v) is 8.63. The van der Waals surface area contributed by atoms with Crippen molar-refractivity contribution < 1.29 is 4.79 Å². The molecular formula is C17H23N5O3. The Kier molecular flexibility index (Phi) is 5.16. The fourth-order valence-electron chi connectivity index (χ4n) is 3.43. The van der Waals surface area contributed by atoms with Crippen LogP contribution >= 0.6 is 0 Å². The first-order valence-electron chi connectivity index (χ1n) is 8.63. The van der Waals surface area contributed by atoms with E-state index < -0.39 is 11.2 Å². The number of hydrogen-bond donors (Lipinski definition) is 2. The van der Waals surface area contributed by atoms with Crippen molar-refractivity contribution in [3.63, 3.8) is 0 Å². The predicted octanol–water partition coefficient (Wildman–Crippen LogP) is 0.582. The molecule has 1 amide bonds. The third-order valence-electron chi connectivity index (χ3n) is 4.78. The molecule has 0 spiro atoms. The minimum absolute atomic E-state index is 0.0101. The molecule has 2 aromatic rings. The summed E-state index contributed by atoms with van der Waals surface area (Å²) in [4.78, 5) is 42.7. The highest BCUT2D eigenvalue weighted by atomic mass is 16.2. The van der Waals surface area contributed by atoms with Gasteiger partial charge in [-0.1, -0.05) is 0 Å². The van der Waals surface area contributed by atoms with Crippen LogP contribution in [0.1, 0.15) is 36.9 Å². The van der Waals surface area contributed by atoms with Gasteiger partial charge in [0.2, 0.25) is 5.91 Å². The lowest BCUT2D eigenvalue weighted by Crippen LogP contribution is -2.45. The number of amides is 1. The number of aromatic amines is 2. The quantitative estimate of drug-likeness (QED) is 0.827. The van der Waals surface area contributed by atoms with Crippen LogP contribution in [0.3, 0.4) is 0 Å². The lowest BCUT2D eigenvalue weighted by molar-refractivity contribution is -0.134. The van der Waals surface area contributed by atoms with E-state index in [1.165, 1.54) is 0 Å². The van der Waals surface area contributed by atoms with E-state index in [0.29, 0.717) is 17.8 Å². The maximum atomic E-state index is 12.8. The van der Waals surface area contributed by atoms with Gasteiger partial charge in [-0.15, -0.1) is 0 Å². The molecule has 2 N–H and O–H groups in total. The molecule has 0 aromatic carbocycles. The molecule has 0 radical (unpaired) electrons. The van der Waals surface area contributed by atoms with E-state index in [9.17, 15) is 14.4 Å². The number of likely N-dealkylation sites (tertiary alicyclic amines) is 1. The largest absolute Gasteiger partial charge is 0.339 e. The highest BCUT2D eigenvalue weighted by Crippen LogP contribution is 2.21. The lowest BCUT2D eigenvalue weighted by Gasteiger charge is -2.36. The van der Waals surface area contributed by atoms with E-state index in [2.05, 4.69) is 15.1 Å². The Balaban J connectivity index is 1.70. The molecule has 1 unspecified atom stereocenters. The van der Waals surface area contributed by atoms with Gasteiger partial charge in [-0.25, -0.2) is 4.79 Å². The number of carbonyl (C=O) groups is 1. The van der Waals surface area contributed by atoms with Gasteiger partial charge in [-0.2, -0.15) is 5.10 Å². The minimum Gasteiger partial charge on any atom is -0.339 e. The first kappa shape index (κ1) is 17.2. The molecular weight excluding hydrogens is 322 g/mol. The number of rotatable bonds is 5. The second-order valence-electron chi connectivity index (χ2n) is 6.48. The second kappa shape index (κ2) is 7.50. The van der Waals surface area contributed by atoms with Crippen LogP contribution in [0.25, 0.3) is 0 Å². The molecule has 1 aliphatic heterocycles. The monoisotopic (exact) mass is 345 g/mol. The van der Waals surface area contributed by atoms with E-state index in [0.717, 1.165) is 32.2 Å². The number of aryl methyl sites for hydroxylation is 2. The molecule has 1 atom stereocenters. The Morgan fingerprint density at radius 3 is 2.88 bits per heavy atom. The molecule has 3 rings (SSSR count). The molecule has 3 heterocycles. The van der Waals surface area contributed by atoms with E-state index in [1.54, 1.807) is 13.1 Å². The number of piperidine rings is 1. The topological polar surface area (TPSA) is 104 Å². The van der Waals surface area contributed by atoms with Gasteiger partial charge in [0, 0.05) is 42.8 Å². The average Bonchev–Trinajstić information content (AvgIpc) is 3.10. The Hall–Kier alpha value is -2.64. The van der Waals surface area contributed by atoms with Crippen LogP contribution in [0.15, 0.2) is 28.0 Å². The van der Waals surface area contributed by atoms with E-state index in [1.807, 2.05) is 21.8 Å². The summed E-state index contributed by atoms with van der Waals surface area (Å²) in [5, 5.41) is 4.20. The van der Waals surface area contributed by atoms with Crippen molar-refractivity contribution in [2.75, 3.05) is 6.54 Å². The number of nitrogens with zero attached hydrogens (tertiary/aromatic N) is 3. The summed E-state index contributed by atoms with van der Waals surface area (Å²) >= 11 is 0. The number of hydrogen-bond acceptors (Lipinski definition) is 4. The summed E-state index contributed by atoms with van der Waals surface area (Å²) in [5.41, 5.74) is -0.248. The van der Waals surface area contributed by atoms with Crippen LogP contribution in [0.5, 0.6) is 0 Å². The SMILES string of the molecule is Cc1[nH]c(=O)[nH]c(=O)c1CC(=O)N1CCCCC1CCn1cccn1. The van der Waals surface area contributed by atoms with Gasteiger partial charge in [-0.05, 0) is 38.7 Å². The van der Waals surface area contributed by atoms with Gasteiger partial charge >= 0.3 is 5.69 Å². The highest BCUT2D eigenvalue weighted by Gasteiger charge is 2.27. The third-order valence-corrected chi connectivity index (χ3v) is 4.78. The van der Waals surface area contributed by atoms with Gasteiger partial charge in [-0.3, -0.25) is 19.3 Å². The van der Waals surface area contributed by atoms with Crippen molar-refractivity contribution in [1.82, 2.24) is 24.6 Å². The summed E-state index contributed by atoms with van der Waals surface area (Å²) in [5.74, 6) is -0.0641. The third kappa shape index (κ3) is 4.07. The fourth-order valence-corrected chi connectivity index (χ4v) is 3.43. The molecule has 0 aliphatic carbocycles. The van der Waals surface area contributed by atoms with Crippen molar-refractivity contribution in [1.29, 1.82) is 0 Å². The predicted molar refractivity (Wildman–Crippen MR) is 92.3 cm³/mol. The van der Waals surface area contributed by atoms with Crippen LogP contribution in [-0.2, 0) is 17.8 Å². The van der Waals surface area contributed by atoms with E-state index in [-0.39, 0.29) is 18.4 Å². The summed E-state index contributed by atoms with van der Waals surface area (Å²) < 4.78 is 1.87. The van der Waals surface area contributed by atoms with E-state index in [4.69, 9.17) is 0 Å². The minimum atomic E-state index is -0.547. The van der Waals surface area contributed by atoms with Crippen LogP contribution in [0, 0.1) is 6.92 Å². The van der Waals surface area contributed by atoms with Crippen LogP contribution in [0.4, 0.5) is 0 Å². The Morgan fingerprint density at radius 2 is 2.16 bits per heavy atom. The lowest BCUT2D eigenvalue weighted by atomic mass is 9.98. The van der Waals surface area contributed by atoms with Gasteiger partial charge in [0.1, 0.15) is 0 Å². The van der Waals surface area contributed by atoms with Crippen LogP contribution < -0.4 is 11.2 Å². The summed E-state index contributed by atoms with van der Waals surface area (Å²) in [7, 11) is 0. The summed E-state index contributed by atoms with van der Waals surface area (Å²) in [6, 6.07) is 2.04. The van der Waals surface area contributed by atoms with Crippen molar-refractivity contribution >= 4 is 5.91 Å². The van der Waals surface area contributed by atoms with E-state index >= 15 is 0 Å². The zero-order chi connectivity index (χ0) is 17.8. The number of carbonyl (C=O) groups excluding carboxylic acids is 1. The number of H-pyrrole nitrogens is 2. The molecule has 8 nitrogen and oxygen atoms in total. The first-order chi connectivity index (χ1) is 12.0. The Morgan fingerprint density at radius 1 is 1.32 bits per heavy atom. The number of aromatic nitrogens is 4.